The average Bonchev–Trinajstić information content (AvgIpc) is 3.57. The van der Waals surface area contributed by atoms with E-state index >= 15 is 0 Å². The molecule has 3 atom stereocenters. The smallest absolute Gasteiger partial charge is 0.169 e. The Morgan fingerprint density at radius 3 is 1.20 bits per heavy atom. The van der Waals surface area contributed by atoms with E-state index in [1.807, 2.05) is 0 Å². The Kier molecular flexibility index (Phi) is 24.0. The Hall–Kier alpha value is -1.12. The molecule has 0 aromatic heterocycles. The molecule has 1 aliphatic carbocycles. The largest absolute Gasteiger partial charge is 0.344 e. The van der Waals surface area contributed by atoms with E-state index in [-0.39, 0.29) is 5.79 Å². The quantitative estimate of drug-likeness (QED) is 0.0619. The minimum atomic E-state index is -0.278. The summed E-state index contributed by atoms with van der Waals surface area (Å²) in [7, 11) is 0. The Labute approximate surface area is 275 Å². The molecule has 1 saturated heterocycles. The molecule has 0 amide bonds. The molecular formula is C42H74O2. The Morgan fingerprint density at radius 2 is 0.818 bits per heavy atom. The lowest BCUT2D eigenvalue weighted by molar-refractivity contribution is -0.192. The van der Waals surface area contributed by atoms with Crippen molar-refractivity contribution in [3.8, 4) is 0 Å². The van der Waals surface area contributed by atoms with E-state index in [1.54, 1.807) is 0 Å². The van der Waals surface area contributed by atoms with Crippen molar-refractivity contribution in [1.29, 1.82) is 0 Å². The van der Waals surface area contributed by atoms with Crippen molar-refractivity contribution in [1.82, 2.24) is 0 Å². The van der Waals surface area contributed by atoms with Gasteiger partial charge in [0, 0.05) is 12.8 Å². The van der Waals surface area contributed by atoms with E-state index < -0.39 is 0 Å². The van der Waals surface area contributed by atoms with Gasteiger partial charge in [-0.15, -0.1) is 0 Å². The van der Waals surface area contributed by atoms with Crippen LogP contribution in [0.4, 0.5) is 0 Å². The van der Waals surface area contributed by atoms with Gasteiger partial charge < -0.3 is 9.47 Å². The van der Waals surface area contributed by atoms with Gasteiger partial charge in [-0.1, -0.05) is 153 Å². The molecule has 0 radical (unpaired) electrons. The van der Waals surface area contributed by atoms with Crippen molar-refractivity contribution in [2.75, 3.05) is 0 Å². The van der Waals surface area contributed by atoms with Crippen LogP contribution in [0, 0.1) is 5.92 Å². The van der Waals surface area contributed by atoms with Crippen molar-refractivity contribution >= 4 is 0 Å². The van der Waals surface area contributed by atoms with Crippen LogP contribution in [-0.2, 0) is 9.47 Å². The third-order valence-corrected chi connectivity index (χ3v) is 9.87. The van der Waals surface area contributed by atoms with Crippen LogP contribution < -0.4 is 0 Å². The zero-order chi connectivity index (χ0) is 31.4. The highest BCUT2D eigenvalue weighted by Crippen LogP contribution is 2.46. The van der Waals surface area contributed by atoms with Gasteiger partial charge in [-0.25, -0.2) is 0 Å². The number of hydrogen-bond donors (Lipinski definition) is 0. The molecule has 44 heavy (non-hydrogen) atoms. The van der Waals surface area contributed by atoms with Crippen molar-refractivity contribution in [3.05, 3.63) is 48.6 Å². The highest BCUT2D eigenvalue weighted by atomic mass is 16.8. The number of ether oxygens (including phenoxy) is 2. The molecule has 0 spiro atoms. The SMILES string of the molecule is CCCC/C=C\C/C=C\CCCCCCCCC1(CCCCCCCC/C=C\C/C=C\CCCC)O[C@H]2C[C@@H](CC)C[C@H]2O1. The maximum absolute atomic E-state index is 6.80. The van der Waals surface area contributed by atoms with Crippen LogP contribution in [0.2, 0.25) is 0 Å². The van der Waals surface area contributed by atoms with Gasteiger partial charge in [0.2, 0.25) is 0 Å². The van der Waals surface area contributed by atoms with Crippen LogP contribution in [0.15, 0.2) is 48.6 Å². The van der Waals surface area contributed by atoms with Crippen molar-refractivity contribution in [2.45, 2.75) is 212 Å². The van der Waals surface area contributed by atoms with Gasteiger partial charge in [-0.05, 0) is 83.0 Å². The molecular weight excluding hydrogens is 536 g/mol. The summed E-state index contributed by atoms with van der Waals surface area (Å²) in [4.78, 5) is 0. The van der Waals surface area contributed by atoms with Gasteiger partial charge in [0.25, 0.3) is 0 Å². The Balaban J connectivity index is 1.54. The monoisotopic (exact) mass is 611 g/mol. The molecule has 0 aromatic rings. The third-order valence-electron chi connectivity index (χ3n) is 9.87. The van der Waals surface area contributed by atoms with E-state index in [9.17, 15) is 0 Å². The van der Waals surface area contributed by atoms with E-state index in [0.717, 1.165) is 31.6 Å². The van der Waals surface area contributed by atoms with Crippen molar-refractivity contribution in [2.24, 2.45) is 5.92 Å². The summed E-state index contributed by atoms with van der Waals surface area (Å²) in [5.41, 5.74) is 0. The molecule has 2 fully saturated rings. The fraction of sp³-hybridized carbons (Fsp3) is 0.810. The zero-order valence-electron chi connectivity index (χ0n) is 29.8. The molecule has 2 nitrogen and oxygen atoms in total. The van der Waals surface area contributed by atoms with E-state index in [0.29, 0.717) is 12.2 Å². The van der Waals surface area contributed by atoms with Gasteiger partial charge in [0.15, 0.2) is 5.79 Å². The van der Waals surface area contributed by atoms with Gasteiger partial charge in [-0.3, -0.25) is 0 Å². The van der Waals surface area contributed by atoms with Gasteiger partial charge >= 0.3 is 0 Å². The second kappa shape index (κ2) is 27.0. The summed E-state index contributed by atoms with van der Waals surface area (Å²) in [6.45, 7) is 6.84. The highest BCUT2D eigenvalue weighted by Gasteiger charge is 2.50. The minimum Gasteiger partial charge on any atom is -0.344 e. The summed E-state index contributed by atoms with van der Waals surface area (Å²) >= 11 is 0. The molecule has 0 bridgehead atoms. The summed E-state index contributed by atoms with van der Waals surface area (Å²) in [5, 5.41) is 0. The van der Waals surface area contributed by atoms with Crippen molar-refractivity contribution in [3.63, 3.8) is 0 Å². The number of unbranched alkanes of at least 4 members (excludes halogenated alkanes) is 16. The average molecular weight is 611 g/mol. The summed E-state index contributed by atoms with van der Waals surface area (Å²) in [5.74, 6) is 0.525. The first-order valence-electron chi connectivity index (χ1n) is 19.7. The van der Waals surface area contributed by atoms with Gasteiger partial charge in [0.1, 0.15) is 0 Å². The molecule has 0 aromatic carbocycles. The second-order valence-corrected chi connectivity index (χ2v) is 13.9. The minimum absolute atomic E-state index is 0.278. The predicted molar refractivity (Wildman–Crippen MR) is 194 cm³/mol. The lowest BCUT2D eigenvalue weighted by Crippen LogP contribution is -2.32. The van der Waals surface area contributed by atoms with Gasteiger partial charge in [-0.2, -0.15) is 0 Å². The molecule has 1 heterocycles. The topological polar surface area (TPSA) is 18.5 Å². The first kappa shape index (κ1) is 39.1. The zero-order valence-corrected chi connectivity index (χ0v) is 29.8. The lowest BCUT2D eigenvalue weighted by Gasteiger charge is -2.30. The summed E-state index contributed by atoms with van der Waals surface area (Å²) in [6, 6.07) is 0. The van der Waals surface area contributed by atoms with Gasteiger partial charge in [0.05, 0.1) is 12.2 Å². The number of fused-ring (bicyclic) bond motifs is 1. The highest BCUT2D eigenvalue weighted by molar-refractivity contribution is 4.95. The molecule has 0 N–H and O–H groups in total. The molecule has 1 saturated carbocycles. The molecule has 2 aliphatic rings. The summed E-state index contributed by atoms with van der Waals surface area (Å²) < 4.78 is 13.6. The second-order valence-electron chi connectivity index (χ2n) is 13.9. The van der Waals surface area contributed by atoms with E-state index in [2.05, 4.69) is 69.4 Å². The van der Waals surface area contributed by atoms with Crippen LogP contribution in [0.25, 0.3) is 0 Å². The normalized spacial score (nSPS) is 21.7. The number of rotatable bonds is 29. The fourth-order valence-electron chi connectivity index (χ4n) is 6.96. The third kappa shape index (κ3) is 18.8. The van der Waals surface area contributed by atoms with Crippen LogP contribution in [-0.4, -0.2) is 18.0 Å². The lowest BCUT2D eigenvalue weighted by atomic mass is 9.98. The maximum Gasteiger partial charge on any atom is 0.169 e. The first-order chi connectivity index (χ1) is 21.7. The predicted octanol–water partition coefficient (Wildman–Crippen LogP) is 13.9. The number of hydrogen-bond acceptors (Lipinski definition) is 2. The maximum atomic E-state index is 6.80. The molecule has 2 rings (SSSR count). The van der Waals surface area contributed by atoms with E-state index in [1.165, 1.54) is 148 Å². The summed E-state index contributed by atoms with van der Waals surface area (Å²) in [6.07, 6.45) is 53.8. The molecule has 254 valence electrons. The van der Waals surface area contributed by atoms with Crippen LogP contribution in [0.1, 0.15) is 194 Å². The Bertz CT molecular complexity index is 700. The van der Waals surface area contributed by atoms with E-state index in [4.69, 9.17) is 9.47 Å². The molecule has 0 unspecified atom stereocenters. The molecule has 2 heteroatoms. The van der Waals surface area contributed by atoms with Crippen LogP contribution in [0.3, 0.4) is 0 Å². The first-order valence-corrected chi connectivity index (χ1v) is 19.7. The number of allylic oxidation sites excluding steroid dienone is 8. The molecule has 1 aliphatic heterocycles. The van der Waals surface area contributed by atoms with Crippen molar-refractivity contribution < 1.29 is 9.47 Å². The van der Waals surface area contributed by atoms with Crippen LogP contribution in [0.5, 0.6) is 0 Å². The fourth-order valence-corrected chi connectivity index (χ4v) is 6.96. The van der Waals surface area contributed by atoms with Crippen LogP contribution >= 0.6 is 0 Å². The standard InChI is InChI=1S/C42H74O2/c1-4-7-9-11-13-15-17-19-21-23-25-27-29-31-33-35-42(43-40-37-39(6-3)38-41(40)44-42)36-34-32-30-28-26-24-22-20-18-16-14-12-10-8-5-2/h11-14,17-20,39-41H,4-10,15-16,21-38H2,1-3H3/b13-11-,14-12-,19-17-,20-18-/t39-,40+,41-. The Morgan fingerprint density at radius 1 is 0.455 bits per heavy atom.